The van der Waals surface area contributed by atoms with Crippen LogP contribution in [-0.2, 0) is 11.3 Å². The van der Waals surface area contributed by atoms with E-state index in [1.807, 2.05) is 25.8 Å². The average Bonchev–Trinajstić information content (AvgIpc) is 2.51. The van der Waals surface area contributed by atoms with Crippen LogP contribution in [-0.4, -0.2) is 43.4 Å². The van der Waals surface area contributed by atoms with Crippen LogP contribution in [0.4, 0.5) is 0 Å². The SMILES string of the molecule is CCCNC(=O)CN=C(NCC)N(C)Cc1ccc(C)cc1. The van der Waals surface area contributed by atoms with Crippen molar-refractivity contribution in [2.75, 3.05) is 26.7 Å². The molecule has 1 aromatic carbocycles. The Morgan fingerprint density at radius 3 is 2.45 bits per heavy atom. The van der Waals surface area contributed by atoms with Gasteiger partial charge < -0.3 is 15.5 Å². The van der Waals surface area contributed by atoms with E-state index in [1.165, 1.54) is 11.1 Å². The van der Waals surface area contributed by atoms with Crippen LogP contribution in [0.25, 0.3) is 0 Å². The first-order valence-electron chi connectivity index (χ1n) is 7.88. The Balaban J connectivity index is 2.63. The van der Waals surface area contributed by atoms with Gasteiger partial charge in [-0.05, 0) is 25.8 Å². The summed E-state index contributed by atoms with van der Waals surface area (Å²) in [6, 6.07) is 8.43. The summed E-state index contributed by atoms with van der Waals surface area (Å²) in [5, 5.41) is 6.05. The highest BCUT2D eigenvalue weighted by atomic mass is 16.1. The van der Waals surface area contributed by atoms with Gasteiger partial charge in [0.15, 0.2) is 5.96 Å². The van der Waals surface area contributed by atoms with Crippen LogP contribution in [0.3, 0.4) is 0 Å². The molecule has 0 unspecified atom stereocenters. The lowest BCUT2D eigenvalue weighted by molar-refractivity contribution is -0.119. The van der Waals surface area contributed by atoms with Crippen molar-refractivity contribution in [3.63, 3.8) is 0 Å². The van der Waals surface area contributed by atoms with Crippen molar-refractivity contribution in [1.82, 2.24) is 15.5 Å². The number of rotatable bonds is 7. The summed E-state index contributed by atoms with van der Waals surface area (Å²) >= 11 is 0. The Kier molecular flexibility index (Phi) is 8.04. The van der Waals surface area contributed by atoms with Crippen molar-refractivity contribution in [2.24, 2.45) is 4.99 Å². The van der Waals surface area contributed by atoms with E-state index in [0.29, 0.717) is 6.54 Å². The maximum absolute atomic E-state index is 11.7. The van der Waals surface area contributed by atoms with Crippen molar-refractivity contribution in [1.29, 1.82) is 0 Å². The summed E-state index contributed by atoms with van der Waals surface area (Å²) in [5.41, 5.74) is 2.47. The maximum Gasteiger partial charge on any atom is 0.241 e. The standard InChI is InChI=1S/C17H28N4O/c1-5-11-19-16(22)12-20-17(18-6-2)21(4)13-15-9-7-14(3)8-10-15/h7-10H,5-6,11-13H2,1-4H3,(H,18,20)(H,19,22). The monoisotopic (exact) mass is 304 g/mol. The van der Waals surface area contributed by atoms with Crippen molar-refractivity contribution >= 4 is 11.9 Å². The van der Waals surface area contributed by atoms with Gasteiger partial charge in [-0.1, -0.05) is 36.8 Å². The van der Waals surface area contributed by atoms with Crippen molar-refractivity contribution < 1.29 is 4.79 Å². The van der Waals surface area contributed by atoms with E-state index in [-0.39, 0.29) is 12.5 Å². The molecule has 0 saturated carbocycles. The van der Waals surface area contributed by atoms with Gasteiger partial charge in [0, 0.05) is 26.7 Å². The molecule has 5 nitrogen and oxygen atoms in total. The van der Waals surface area contributed by atoms with Crippen LogP contribution < -0.4 is 10.6 Å². The fourth-order valence-corrected chi connectivity index (χ4v) is 1.98. The second-order valence-corrected chi connectivity index (χ2v) is 5.36. The van der Waals surface area contributed by atoms with Gasteiger partial charge in [0.1, 0.15) is 6.54 Å². The van der Waals surface area contributed by atoms with Crippen molar-refractivity contribution in [2.45, 2.75) is 33.7 Å². The van der Waals surface area contributed by atoms with Crippen molar-refractivity contribution in [3.05, 3.63) is 35.4 Å². The third-order valence-electron chi connectivity index (χ3n) is 3.18. The predicted octanol–water partition coefficient (Wildman–Crippen LogP) is 1.92. The van der Waals surface area contributed by atoms with E-state index in [4.69, 9.17) is 0 Å². The summed E-state index contributed by atoms with van der Waals surface area (Å²) in [5.74, 6) is 0.704. The van der Waals surface area contributed by atoms with Gasteiger partial charge in [0.2, 0.25) is 5.91 Å². The molecule has 1 rings (SSSR count). The molecule has 0 aliphatic carbocycles. The zero-order valence-electron chi connectivity index (χ0n) is 14.1. The number of aryl methyl sites for hydroxylation is 1. The molecule has 1 amide bonds. The molecule has 0 aliphatic heterocycles. The average molecular weight is 304 g/mol. The van der Waals surface area contributed by atoms with Gasteiger partial charge in [0.05, 0.1) is 0 Å². The van der Waals surface area contributed by atoms with Gasteiger partial charge >= 0.3 is 0 Å². The zero-order chi connectivity index (χ0) is 16.4. The number of nitrogens with zero attached hydrogens (tertiary/aromatic N) is 2. The Morgan fingerprint density at radius 1 is 1.18 bits per heavy atom. The van der Waals surface area contributed by atoms with E-state index in [9.17, 15) is 4.79 Å². The normalized spacial score (nSPS) is 11.2. The topological polar surface area (TPSA) is 56.7 Å². The number of amides is 1. The molecule has 1 aromatic rings. The first-order chi connectivity index (χ1) is 10.6. The van der Waals surface area contributed by atoms with E-state index >= 15 is 0 Å². The number of carbonyl (C=O) groups excluding carboxylic acids is 1. The molecule has 0 spiro atoms. The number of benzene rings is 1. The van der Waals surface area contributed by atoms with Gasteiger partial charge in [-0.2, -0.15) is 0 Å². The largest absolute Gasteiger partial charge is 0.357 e. The molecule has 0 saturated heterocycles. The highest BCUT2D eigenvalue weighted by Gasteiger charge is 2.07. The molecule has 2 N–H and O–H groups in total. The van der Waals surface area contributed by atoms with Crippen LogP contribution >= 0.6 is 0 Å². The minimum absolute atomic E-state index is 0.0408. The first kappa shape index (κ1) is 18.0. The Labute approximate surface area is 133 Å². The summed E-state index contributed by atoms with van der Waals surface area (Å²) in [7, 11) is 1.98. The number of aliphatic imine (C=N–C) groups is 1. The number of nitrogens with one attached hydrogen (secondary N) is 2. The van der Waals surface area contributed by atoms with Gasteiger partial charge in [-0.15, -0.1) is 0 Å². The molecular formula is C17H28N4O. The number of hydrogen-bond acceptors (Lipinski definition) is 2. The van der Waals surface area contributed by atoms with Crippen LogP contribution in [0.5, 0.6) is 0 Å². The van der Waals surface area contributed by atoms with E-state index in [0.717, 1.165) is 25.5 Å². The van der Waals surface area contributed by atoms with Gasteiger partial charge in [-0.3, -0.25) is 4.79 Å². The van der Waals surface area contributed by atoms with Crippen LogP contribution in [0.2, 0.25) is 0 Å². The second kappa shape index (κ2) is 9.82. The van der Waals surface area contributed by atoms with Crippen LogP contribution in [0, 0.1) is 6.92 Å². The minimum Gasteiger partial charge on any atom is -0.357 e. The highest BCUT2D eigenvalue weighted by molar-refractivity contribution is 5.84. The summed E-state index contributed by atoms with van der Waals surface area (Å²) in [6.07, 6.45) is 0.933. The number of hydrogen-bond donors (Lipinski definition) is 2. The lowest BCUT2D eigenvalue weighted by atomic mass is 10.1. The summed E-state index contributed by atoms with van der Waals surface area (Å²) in [4.78, 5) is 18.1. The second-order valence-electron chi connectivity index (χ2n) is 5.36. The van der Waals surface area contributed by atoms with Gasteiger partial charge in [0.25, 0.3) is 0 Å². The smallest absolute Gasteiger partial charge is 0.241 e. The molecule has 0 atom stereocenters. The molecular weight excluding hydrogens is 276 g/mol. The Morgan fingerprint density at radius 2 is 1.86 bits per heavy atom. The molecule has 22 heavy (non-hydrogen) atoms. The molecule has 0 bridgehead atoms. The molecule has 0 heterocycles. The molecule has 0 aromatic heterocycles. The zero-order valence-corrected chi connectivity index (χ0v) is 14.1. The van der Waals surface area contributed by atoms with E-state index in [1.54, 1.807) is 0 Å². The van der Waals surface area contributed by atoms with Crippen molar-refractivity contribution in [3.8, 4) is 0 Å². The van der Waals surface area contributed by atoms with E-state index < -0.39 is 0 Å². The molecule has 5 heteroatoms. The predicted molar refractivity (Wildman–Crippen MR) is 91.9 cm³/mol. The van der Waals surface area contributed by atoms with Gasteiger partial charge in [-0.25, -0.2) is 4.99 Å². The Hall–Kier alpha value is -2.04. The molecule has 0 fully saturated rings. The fraction of sp³-hybridized carbons (Fsp3) is 0.529. The third-order valence-corrected chi connectivity index (χ3v) is 3.18. The quantitative estimate of drug-likeness (QED) is 0.598. The lowest BCUT2D eigenvalue weighted by Gasteiger charge is -2.22. The summed E-state index contributed by atoms with van der Waals surface area (Å²) in [6.45, 7) is 8.50. The number of carbonyl (C=O) groups is 1. The third kappa shape index (κ3) is 6.61. The highest BCUT2D eigenvalue weighted by Crippen LogP contribution is 2.06. The first-order valence-corrected chi connectivity index (χ1v) is 7.88. The lowest BCUT2D eigenvalue weighted by Crippen LogP contribution is -2.39. The molecule has 0 radical (unpaired) electrons. The van der Waals surface area contributed by atoms with Crippen LogP contribution in [0.15, 0.2) is 29.3 Å². The van der Waals surface area contributed by atoms with E-state index in [2.05, 4.69) is 46.8 Å². The minimum atomic E-state index is -0.0408. The number of guanidine groups is 1. The fourth-order valence-electron chi connectivity index (χ4n) is 1.98. The maximum atomic E-state index is 11.7. The molecule has 0 aliphatic rings. The van der Waals surface area contributed by atoms with Crippen LogP contribution in [0.1, 0.15) is 31.4 Å². The molecule has 122 valence electrons. The summed E-state index contributed by atoms with van der Waals surface area (Å²) < 4.78 is 0. The Bertz CT molecular complexity index is 482.